The summed E-state index contributed by atoms with van der Waals surface area (Å²) >= 11 is 5.70. The van der Waals surface area contributed by atoms with Crippen LogP contribution in [-0.4, -0.2) is 34.3 Å². The van der Waals surface area contributed by atoms with Crippen molar-refractivity contribution < 1.29 is 23.2 Å². The van der Waals surface area contributed by atoms with E-state index in [-0.39, 0.29) is 11.4 Å². The van der Waals surface area contributed by atoms with Crippen LogP contribution in [0.15, 0.2) is 36.5 Å². The molecule has 0 spiro atoms. The molecule has 1 aromatic heterocycles. The zero-order valence-electron chi connectivity index (χ0n) is 13.9. The van der Waals surface area contributed by atoms with E-state index < -0.39 is 41.6 Å². The third-order valence-electron chi connectivity index (χ3n) is 4.07. The molecule has 1 fully saturated rings. The Bertz CT molecular complexity index is 938. The molecule has 10 heteroatoms. The second-order valence-corrected chi connectivity index (χ2v) is 6.42. The van der Waals surface area contributed by atoms with Gasteiger partial charge in [-0.05, 0) is 36.8 Å². The molecule has 1 saturated heterocycles. The van der Waals surface area contributed by atoms with E-state index >= 15 is 0 Å². The summed E-state index contributed by atoms with van der Waals surface area (Å²) in [5.41, 5.74) is -1.56. The lowest BCUT2D eigenvalue weighted by Gasteiger charge is -2.22. The second kappa shape index (κ2) is 6.92. The van der Waals surface area contributed by atoms with Crippen LogP contribution in [0.1, 0.15) is 12.5 Å². The molecule has 2 N–H and O–H groups in total. The quantitative estimate of drug-likeness (QED) is 0.779. The molecule has 1 aromatic carbocycles. The number of carbonyl (C=O) groups is 3. The van der Waals surface area contributed by atoms with Gasteiger partial charge >= 0.3 is 6.03 Å². The van der Waals surface area contributed by atoms with Crippen LogP contribution in [-0.2, 0) is 15.1 Å². The molecule has 27 heavy (non-hydrogen) atoms. The number of carbonyl (C=O) groups excluding carboxylic acids is 3. The first-order valence-electron chi connectivity index (χ1n) is 7.72. The molecule has 2 aromatic rings. The molecule has 1 atom stereocenters. The molecule has 2 heterocycles. The van der Waals surface area contributed by atoms with Crippen molar-refractivity contribution in [2.24, 2.45) is 0 Å². The summed E-state index contributed by atoms with van der Waals surface area (Å²) in [4.78, 5) is 41.5. The molecule has 4 amide bonds. The van der Waals surface area contributed by atoms with Gasteiger partial charge in [0.2, 0.25) is 5.91 Å². The summed E-state index contributed by atoms with van der Waals surface area (Å²) < 4.78 is 26.7. The number of amides is 4. The van der Waals surface area contributed by atoms with E-state index in [2.05, 4.69) is 15.6 Å². The van der Waals surface area contributed by atoms with Gasteiger partial charge in [0.05, 0.1) is 5.02 Å². The first-order valence-corrected chi connectivity index (χ1v) is 8.09. The van der Waals surface area contributed by atoms with Gasteiger partial charge in [-0.1, -0.05) is 17.7 Å². The molecule has 3 rings (SSSR count). The number of nitrogens with one attached hydrogen (secondary N) is 2. The number of urea groups is 1. The number of rotatable bonds is 4. The zero-order chi connectivity index (χ0) is 19.8. The van der Waals surface area contributed by atoms with Crippen molar-refractivity contribution in [3.8, 4) is 0 Å². The highest BCUT2D eigenvalue weighted by Crippen LogP contribution is 2.29. The van der Waals surface area contributed by atoms with Crippen LogP contribution in [0.4, 0.5) is 19.4 Å². The monoisotopic (exact) mass is 394 g/mol. The van der Waals surface area contributed by atoms with Crippen molar-refractivity contribution in [1.82, 2.24) is 15.2 Å². The number of pyridine rings is 1. The topological polar surface area (TPSA) is 91.4 Å². The average molecular weight is 395 g/mol. The van der Waals surface area contributed by atoms with Gasteiger partial charge in [-0.15, -0.1) is 0 Å². The van der Waals surface area contributed by atoms with Crippen molar-refractivity contribution in [2.75, 3.05) is 11.9 Å². The van der Waals surface area contributed by atoms with Crippen molar-refractivity contribution >= 4 is 35.3 Å². The molecule has 1 aliphatic heterocycles. The maximum atomic E-state index is 13.5. The van der Waals surface area contributed by atoms with Crippen molar-refractivity contribution in [1.29, 1.82) is 0 Å². The van der Waals surface area contributed by atoms with Crippen LogP contribution >= 0.6 is 11.6 Å². The first kappa shape index (κ1) is 18.7. The van der Waals surface area contributed by atoms with E-state index in [1.165, 1.54) is 31.3 Å². The third-order valence-corrected chi connectivity index (χ3v) is 4.29. The highest BCUT2D eigenvalue weighted by molar-refractivity contribution is 6.30. The largest absolute Gasteiger partial charge is 0.325 e. The average Bonchev–Trinajstić information content (AvgIpc) is 2.83. The normalized spacial score (nSPS) is 19.2. The minimum Gasteiger partial charge on any atom is -0.319 e. The molecule has 0 aliphatic carbocycles. The number of nitrogens with zero attached hydrogens (tertiary/aromatic N) is 2. The summed E-state index contributed by atoms with van der Waals surface area (Å²) in [6.07, 6.45) is 1.32. The van der Waals surface area contributed by atoms with E-state index in [0.717, 1.165) is 12.1 Å². The van der Waals surface area contributed by atoms with Gasteiger partial charge in [0.15, 0.2) is 11.6 Å². The number of halogens is 3. The maximum Gasteiger partial charge on any atom is 0.325 e. The van der Waals surface area contributed by atoms with Crippen LogP contribution < -0.4 is 10.6 Å². The summed E-state index contributed by atoms with van der Waals surface area (Å²) in [6.45, 7) is 0.771. The highest BCUT2D eigenvalue weighted by atomic mass is 35.5. The van der Waals surface area contributed by atoms with E-state index in [4.69, 9.17) is 11.6 Å². The number of anilines is 1. The zero-order valence-corrected chi connectivity index (χ0v) is 14.7. The van der Waals surface area contributed by atoms with Crippen LogP contribution in [0.3, 0.4) is 0 Å². The van der Waals surface area contributed by atoms with Gasteiger partial charge < -0.3 is 10.6 Å². The van der Waals surface area contributed by atoms with Crippen molar-refractivity contribution in [3.63, 3.8) is 0 Å². The van der Waals surface area contributed by atoms with Crippen LogP contribution in [0.25, 0.3) is 0 Å². The minimum atomic E-state index is -1.62. The second-order valence-electron chi connectivity index (χ2n) is 5.99. The van der Waals surface area contributed by atoms with Crippen molar-refractivity contribution in [2.45, 2.75) is 12.5 Å². The van der Waals surface area contributed by atoms with E-state index in [1.807, 2.05) is 0 Å². The lowest BCUT2D eigenvalue weighted by atomic mass is 9.92. The summed E-state index contributed by atoms with van der Waals surface area (Å²) in [6, 6.07) is 5.02. The lowest BCUT2D eigenvalue weighted by molar-refractivity contribution is -0.133. The van der Waals surface area contributed by atoms with Gasteiger partial charge in [-0.3, -0.25) is 14.5 Å². The Kier molecular flexibility index (Phi) is 4.79. The molecular formula is C17H13ClF2N4O3. The van der Waals surface area contributed by atoms with Gasteiger partial charge in [0, 0.05) is 6.20 Å². The van der Waals surface area contributed by atoms with E-state index in [0.29, 0.717) is 9.92 Å². The third kappa shape index (κ3) is 3.59. The Morgan fingerprint density at radius 3 is 2.63 bits per heavy atom. The predicted octanol–water partition coefficient (Wildman–Crippen LogP) is 2.42. The number of aromatic nitrogens is 1. The summed E-state index contributed by atoms with van der Waals surface area (Å²) in [5.74, 6) is -3.47. The predicted molar refractivity (Wildman–Crippen MR) is 91.8 cm³/mol. The van der Waals surface area contributed by atoms with Gasteiger partial charge in [0.25, 0.3) is 5.91 Å². The number of hydrogen-bond donors (Lipinski definition) is 2. The Morgan fingerprint density at radius 2 is 2.00 bits per heavy atom. The van der Waals surface area contributed by atoms with Crippen molar-refractivity contribution in [3.05, 3.63) is 58.7 Å². The first-order chi connectivity index (χ1) is 12.7. The Labute approximate surface area is 157 Å². The SMILES string of the molecule is C[C@@]1(c2ccc(F)c(F)c2)NC(=O)N(CC(=O)Nc2ccc(Cl)cn2)C1=O. The molecule has 0 bridgehead atoms. The van der Waals surface area contributed by atoms with Gasteiger partial charge in [-0.2, -0.15) is 0 Å². The minimum absolute atomic E-state index is 0.0574. The van der Waals surface area contributed by atoms with Gasteiger partial charge in [-0.25, -0.2) is 18.6 Å². The van der Waals surface area contributed by atoms with Crippen LogP contribution in [0.2, 0.25) is 5.02 Å². The molecule has 0 radical (unpaired) electrons. The fourth-order valence-electron chi connectivity index (χ4n) is 2.62. The molecule has 7 nitrogen and oxygen atoms in total. The fraction of sp³-hybridized carbons (Fsp3) is 0.176. The standard InChI is InChI=1S/C17H13ClF2N4O3/c1-17(9-2-4-11(19)12(20)6-9)15(26)24(16(27)23-17)8-14(25)22-13-5-3-10(18)7-21-13/h2-7H,8H2,1H3,(H,23,27)(H,21,22,25)/t17-/m0/s1. The number of imide groups is 1. The highest BCUT2D eigenvalue weighted by Gasteiger charge is 2.49. The Hall–Kier alpha value is -3.07. The Morgan fingerprint density at radius 1 is 1.26 bits per heavy atom. The van der Waals surface area contributed by atoms with Crippen LogP contribution in [0, 0.1) is 11.6 Å². The molecule has 0 saturated carbocycles. The Balaban J connectivity index is 1.76. The molecular weight excluding hydrogens is 382 g/mol. The fourth-order valence-corrected chi connectivity index (χ4v) is 2.73. The van der Waals surface area contributed by atoms with E-state index in [1.54, 1.807) is 0 Å². The lowest BCUT2D eigenvalue weighted by Crippen LogP contribution is -2.42. The smallest absolute Gasteiger partial charge is 0.319 e. The van der Waals surface area contributed by atoms with E-state index in [9.17, 15) is 23.2 Å². The summed E-state index contributed by atoms with van der Waals surface area (Å²) in [7, 11) is 0. The molecule has 140 valence electrons. The molecule has 1 aliphatic rings. The number of benzene rings is 1. The maximum absolute atomic E-state index is 13.5. The molecule has 0 unspecified atom stereocenters. The van der Waals surface area contributed by atoms with Crippen LogP contribution in [0.5, 0.6) is 0 Å². The van der Waals surface area contributed by atoms with Gasteiger partial charge in [0.1, 0.15) is 17.9 Å². The summed E-state index contributed by atoms with van der Waals surface area (Å²) in [5, 5.41) is 5.21. The number of hydrogen-bond acceptors (Lipinski definition) is 4.